The van der Waals surface area contributed by atoms with Crippen LogP contribution >= 0.6 is 23.1 Å². The van der Waals surface area contributed by atoms with Crippen molar-refractivity contribution in [3.8, 4) is 22.8 Å². The minimum absolute atomic E-state index is 0.0267. The molecule has 0 bridgehead atoms. The molecule has 0 saturated heterocycles. The fraction of sp³-hybridized carbons (Fsp3) is 0.0732. The first-order chi connectivity index (χ1) is 25.8. The SMILES string of the molecule is COc1ccc(-c2csc(NC(=O)C(Sc3ccc(NC(=O)/C(=C/c4ccc(F)cc4)NC(=O)c4ccccc4)cc3)c3ccccc3)n2)cc1OC. The normalized spacial score (nSPS) is 11.6. The zero-order valence-electron chi connectivity index (χ0n) is 28.5. The average Bonchev–Trinajstić information content (AvgIpc) is 3.66. The molecule has 266 valence electrons. The van der Waals surface area contributed by atoms with Gasteiger partial charge in [-0.1, -0.05) is 60.7 Å². The molecule has 3 N–H and O–H groups in total. The molecule has 6 aromatic rings. The fourth-order valence-electron chi connectivity index (χ4n) is 5.15. The zero-order chi connectivity index (χ0) is 37.2. The van der Waals surface area contributed by atoms with Crippen molar-refractivity contribution in [2.24, 2.45) is 0 Å². The highest BCUT2D eigenvalue weighted by Crippen LogP contribution is 2.38. The Morgan fingerprint density at radius 1 is 0.792 bits per heavy atom. The number of carbonyl (C=O) groups is 3. The third kappa shape index (κ3) is 9.56. The molecule has 1 heterocycles. The van der Waals surface area contributed by atoms with Crippen LogP contribution in [0.4, 0.5) is 15.2 Å². The molecule has 1 atom stereocenters. The maximum absolute atomic E-state index is 13.8. The average molecular weight is 745 g/mol. The Balaban J connectivity index is 1.16. The topological polar surface area (TPSA) is 119 Å². The first-order valence-corrected chi connectivity index (χ1v) is 18.0. The second-order valence-electron chi connectivity index (χ2n) is 11.4. The third-order valence-electron chi connectivity index (χ3n) is 7.83. The van der Waals surface area contributed by atoms with Crippen LogP contribution in [-0.4, -0.2) is 36.9 Å². The molecule has 6 rings (SSSR count). The van der Waals surface area contributed by atoms with Crippen LogP contribution in [-0.2, 0) is 9.59 Å². The van der Waals surface area contributed by atoms with Crippen LogP contribution in [0.3, 0.4) is 0 Å². The van der Waals surface area contributed by atoms with E-state index in [-0.39, 0.29) is 11.6 Å². The van der Waals surface area contributed by atoms with Gasteiger partial charge in [0, 0.05) is 27.1 Å². The molecular formula is C41H33FN4O5S2. The maximum Gasteiger partial charge on any atom is 0.272 e. The Labute approximate surface area is 313 Å². The number of thiazole rings is 1. The molecule has 0 aliphatic carbocycles. The number of hydrogen-bond donors (Lipinski definition) is 3. The summed E-state index contributed by atoms with van der Waals surface area (Å²) < 4.78 is 24.3. The molecule has 0 radical (unpaired) electrons. The number of carbonyl (C=O) groups excluding carboxylic acids is 3. The van der Waals surface area contributed by atoms with Crippen molar-refractivity contribution < 1.29 is 28.2 Å². The lowest BCUT2D eigenvalue weighted by Crippen LogP contribution is -2.30. The molecule has 3 amide bonds. The minimum Gasteiger partial charge on any atom is -0.493 e. The van der Waals surface area contributed by atoms with Crippen molar-refractivity contribution >= 4 is 57.7 Å². The summed E-state index contributed by atoms with van der Waals surface area (Å²) in [5.74, 6) is -0.538. The van der Waals surface area contributed by atoms with Gasteiger partial charge < -0.3 is 25.4 Å². The lowest BCUT2D eigenvalue weighted by molar-refractivity contribution is -0.116. The summed E-state index contributed by atoms with van der Waals surface area (Å²) in [5, 5.41) is 10.2. The van der Waals surface area contributed by atoms with E-state index in [2.05, 4.69) is 20.9 Å². The van der Waals surface area contributed by atoms with E-state index in [4.69, 9.17) is 9.47 Å². The first kappa shape index (κ1) is 36.5. The molecular weight excluding hydrogens is 712 g/mol. The van der Waals surface area contributed by atoms with Crippen molar-refractivity contribution in [3.63, 3.8) is 0 Å². The van der Waals surface area contributed by atoms with E-state index in [1.807, 2.05) is 47.8 Å². The van der Waals surface area contributed by atoms with Gasteiger partial charge in [0.25, 0.3) is 11.8 Å². The van der Waals surface area contributed by atoms with Gasteiger partial charge in [-0.3, -0.25) is 14.4 Å². The molecule has 12 heteroatoms. The molecule has 0 fully saturated rings. The minimum atomic E-state index is -0.622. The van der Waals surface area contributed by atoms with Crippen LogP contribution in [0.1, 0.15) is 26.7 Å². The molecule has 0 aliphatic rings. The van der Waals surface area contributed by atoms with Crippen LogP contribution in [0.2, 0.25) is 0 Å². The highest BCUT2D eigenvalue weighted by Gasteiger charge is 2.24. The Morgan fingerprint density at radius 3 is 2.15 bits per heavy atom. The molecule has 9 nitrogen and oxygen atoms in total. The Hall–Kier alpha value is -6.24. The summed E-state index contributed by atoms with van der Waals surface area (Å²) in [6.07, 6.45) is 1.47. The van der Waals surface area contributed by atoms with Gasteiger partial charge in [-0.15, -0.1) is 23.1 Å². The van der Waals surface area contributed by atoms with Crippen LogP contribution in [0.25, 0.3) is 17.3 Å². The second kappa shape index (κ2) is 17.3. The number of nitrogens with one attached hydrogen (secondary N) is 3. The standard InChI is InChI=1S/C41H33FN4O5S2/c1-50-35-22-15-29(24-36(35)51-2)34-25-52-41(45-34)46-40(49)37(27-9-5-3-6-10-27)53-32-20-18-31(19-21-32)43-39(48)33(23-26-13-16-30(42)17-14-26)44-38(47)28-11-7-4-8-12-28/h3-25,37H,1-2H3,(H,43,48)(H,44,47)(H,45,46,49)/b33-23-. The van der Waals surface area contributed by atoms with E-state index in [9.17, 15) is 18.8 Å². The Morgan fingerprint density at radius 2 is 1.47 bits per heavy atom. The van der Waals surface area contributed by atoms with Crippen LogP contribution in [0.15, 0.2) is 143 Å². The maximum atomic E-state index is 13.8. The summed E-state index contributed by atoms with van der Waals surface area (Å²) in [5.41, 5.74) is 3.63. The van der Waals surface area contributed by atoms with E-state index in [1.54, 1.807) is 74.9 Å². The van der Waals surface area contributed by atoms with E-state index < -0.39 is 22.9 Å². The Kier molecular flexibility index (Phi) is 11.9. The molecule has 5 aromatic carbocycles. The third-order valence-corrected chi connectivity index (χ3v) is 9.85. The summed E-state index contributed by atoms with van der Waals surface area (Å²) in [4.78, 5) is 45.6. The van der Waals surface area contributed by atoms with Crippen molar-refractivity contribution in [1.82, 2.24) is 10.3 Å². The van der Waals surface area contributed by atoms with E-state index >= 15 is 0 Å². The van der Waals surface area contributed by atoms with Gasteiger partial charge in [0.05, 0.1) is 19.9 Å². The van der Waals surface area contributed by atoms with Gasteiger partial charge in [0.2, 0.25) is 5.91 Å². The van der Waals surface area contributed by atoms with Gasteiger partial charge in [0.1, 0.15) is 16.8 Å². The lowest BCUT2D eigenvalue weighted by atomic mass is 10.1. The number of rotatable bonds is 13. The van der Waals surface area contributed by atoms with E-state index in [0.717, 1.165) is 16.0 Å². The Bertz CT molecular complexity index is 2230. The first-order valence-electron chi connectivity index (χ1n) is 16.2. The lowest BCUT2D eigenvalue weighted by Gasteiger charge is -2.17. The van der Waals surface area contributed by atoms with Gasteiger partial charge >= 0.3 is 0 Å². The van der Waals surface area contributed by atoms with Crippen molar-refractivity contribution in [2.75, 3.05) is 24.9 Å². The number of benzene rings is 5. The predicted octanol–water partition coefficient (Wildman–Crippen LogP) is 8.85. The second-order valence-corrected chi connectivity index (χ2v) is 13.5. The van der Waals surface area contributed by atoms with Crippen molar-refractivity contribution in [3.05, 3.63) is 161 Å². The van der Waals surface area contributed by atoms with Gasteiger partial charge in [-0.2, -0.15) is 0 Å². The number of anilines is 2. The summed E-state index contributed by atoms with van der Waals surface area (Å²) in [6, 6.07) is 36.0. The fourth-order valence-corrected chi connectivity index (χ4v) is 6.90. The predicted molar refractivity (Wildman–Crippen MR) is 208 cm³/mol. The largest absolute Gasteiger partial charge is 0.493 e. The molecule has 1 aromatic heterocycles. The zero-order valence-corrected chi connectivity index (χ0v) is 30.2. The summed E-state index contributed by atoms with van der Waals surface area (Å²) in [7, 11) is 3.14. The summed E-state index contributed by atoms with van der Waals surface area (Å²) >= 11 is 2.66. The van der Waals surface area contributed by atoms with Crippen molar-refractivity contribution in [1.29, 1.82) is 0 Å². The smallest absolute Gasteiger partial charge is 0.272 e. The number of methoxy groups -OCH3 is 2. The monoisotopic (exact) mass is 744 g/mol. The number of hydrogen-bond acceptors (Lipinski definition) is 8. The van der Waals surface area contributed by atoms with Crippen LogP contribution in [0.5, 0.6) is 11.5 Å². The molecule has 0 aliphatic heterocycles. The summed E-state index contributed by atoms with van der Waals surface area (Å²) in [6.45, 7) is 0. The highest BCUT2D eigenvalue weighted by molar-refractivity contribution is 8.00. The van der Waals surface area contributed by atoms with Crippen LogP contribution in [0, 0.1) is 5.82 Å². The molecule has 0 saturated carbocycles. The molecule has 1 unspecified atom stereocenters. The van der Waals surface area contributed by atoms with Gasteiger partial charge in [-0.25, -0.2) is 9.37 Å². The molecule has 53 heavy (non-hydrogen) atoms. The number of thioether (sulfide) groups is 1. The quantitative estimate of drug-likeness (QED) is 0.0799. The van der Waals surface area contributed by atoms with E-state index in [0.29, 0.717) is 39.1 Å². The number of ether oxygens (including phenoxy) is 2. The number of nitrogens with zero attached hydrogens (tertiary/aromatic N) is 1. The van der Waals surface area contributed by atoms with Gasteiger partial charge in [-0.05, 0) is 83.9 Å². The number of amides is 3. The molecule has 0 spiro atoms. The number of aromatic nitrogens is 1. The van der Waals surface area contributed by atoms with Crippen molar-refractivity contribution in [2.45, 2.75) is 10.1 Å². The highest BCUT2D eigenvalue weighted by atomic mass is 32.2. The van der Waals surface area contributed by atoms with E-state index in [1.165, 1.54) is 53.4 Å². The van der Waals surface area contributed by atoms with Gasteiger partial charge in [0.15, 0.2) is 16.6 Å². The number of halogens is 1. The van der Waals surface area contributed by atoms with Crippen LogP contribution < -0.4 is 25.4 Å².